The Labute approximate surface area is 246 Å². The summed E-state index contributed by atoms with van der Waals surface area (Å²) in [5.41, 5.74) is 5.33. The summed E-state index contributed by atoms with van der Waals surface area (Å²) in [7, 11) is 0. The van der Waals surface area contributed by atoms with Crippen molar-refractivity contribution >= 4 is 29.1 Å². The summed E-state index contributed by atoms with van der Waals surface area (Å²) in [5.74, 6) is -1.94. The van der Waals surface area contributed by atoms with Crippen molar-refractivity contribution in [2.45, 2.75) is 50.6 Å². The third-order valence-electron chi connectivity index (χ3n) is 8.67. The van der Waals surface area contributed by atoms with E-state index in [1.165, 1.54) is 29.0 Å². The van der Waals surface area contributed by atoms with Crippen LogP contribution in [0.3, 0.4) is 0 Å². The normalized spacial score (nSPS) is 18.6. The Morgan fingerprint density at radius 3 is 2.69 bits per heavy atom. The number of nitrogens with zero attached hydrogens (tertiary/aromatic N) is 2. The Bertz CT molecular complexity index is 1750. The minimum absolute atomic E-state index is 0.0103. The number of amides is 2. The first-order chi connectivity index (χ1) is 20.4. The van der Waals surface area contributed by atoms with Crippen molar-refractivity contribution in [3.8, 4) is 10.4 Å². The number of carboxylic acids is 1. The van der Waals surface area contributed by atoms with Crippen LogP contribution in [0.15, 0.2) is 60.0 Å². The molecule has 1 aliphatic carbocycles. The molecular weight excluding hydrogens is 553 g/mol. The molecule has 4 heterocycles. The zero-order valence-electron chi connectivity index (χ0n) is 22.7. The van der Waals surface area contributed by atoms with Crippen LogP contribution in [0.2, 0.25) is 0 Å². The Balaban J connectivity index is 1.27. The average Bonchev–Trinajstić information content (AvgIpc) is 3.79. The molecule has 7 rings (SSSR count). The maximum atomic E-state index is 13.6. The minimum atomic E-state index is -1.17. The van der Waals surface area contributed by atoms with Crippen LogP contribution in [0, 0.1) is 5.82 Å². The fourth-order valence-electron chi connectivity index (χ4n) is 6.66. The van der Waals surface area contributed by atoms with E-state index < -0.39 is 5.97 Å². The van der Waals surface area contributed by atoms with E-state index in [0.717, 1.165) is 36.8 Å². The highest BCUT2D eigenvalue weighted by Crippen LogP contribution is 2.46. The Kier molecular flexibility index (Phi) is 6.61. The quantitative estimate of drug-likeness (QED) is 0.273. The second-order valence-electron chi connectivity index (χ2n) is 11.1. The van der Waals surface area contributed by atoms with Gasteiger partial charge >= 0.3 is 5.97 Å². The molecule has 0 bridgehead atoms. The van der Waals surface area contributed by atoms with Crippen LogP contribution in [0.1, 0.15) is 90.5 Å². The number of hydrogen-bond donors (Lipinski definition) is 2. The van der Waals surface area contributed by atoms with Gasteiger partial charge in [0, 0.05) is 22.4 Å². The van der Waals surface area contributed by atoms with E-state index in [4.69, 9.17) is 4.98 Å². The molecule has 1 unspecified atom stereocenters. The molecule has 0 spiro atoms. The second-order valence-corrected chi connectivity index (χ2v) is 12.0. The number of thiophene rings is 1. The van der Waals surface area contributed by atoms with Crippen LogP contribution in [-0.2, 0) is 19.3 Å². The molecule has 2 amide bonds. The summed E-state index contributed by atoms with van der Waals surface area (Å²) >= 11 is 1.26. The van der Waals surface area contributed by atoms with Crippen molar-refractivity contribution < 1.29 is 23.9 Å². The topological polar surface area (TPSA) is 99.6 Å². The molecule has 2 aromatic heterocycles. The van der Waals surface area contributed by atoms with Crippen molar-refractivity contribution in [2.75, 3.05) is 6.54 Å². The number of carboxylic acid groups (broad SMARTS) is 1. The molecule has 4 aromatic rings. The molecule has 7 nitrogen and oxygen atoms in total. The summed E-state index contributed by atoms with van der Waals surface area (Å²) in [6.45, 7) is 0.605. The van der Waals surface area contributed by atoms with Crippen LogP contribution in [-0.4, -0.2) is 39.3 Å². The number of pyridine rings is 1. The molecule has 2 N–H and O–H groups in total. The van der Waals surface area contributed by atoms with E-state index in [9.17, 15) is 23.9 Å². The lowest BCUT2D eigenvalue weighted by Crippen LogP contribution is -2.26. The first-order valence-corrected chi connectivity index (χ1v) is 15.1. The summed E-state index contributed by atoms with van der Waals surface area (Å²) in [5, 5.41) is 15.3. The number of nitrogens with one attached hydrogen (secondary N) is 1. The molecule has 3 aliphatic rings. The fourth-order valence-corrected chi connectivity index (χ4v) is 7.60. The Hall–Kier alpha value is -4.37. The molecule has 2 aliphatic heterocycles. The van der Waals surface area contributed by atoms with Crippen molar-refractivity contribution in [3.05, 3.63) is 111 Å². The monoisotopic (exact) mass is 581 g/mol. The summed E-state index contributed by atoms with van der Waals surface area (Å²) < 4.78 is 13.5. The van der Waals surface area contributed by atoms with Gasteiger partial charge in [0.1, 0.15) is 5.82 Å². The number of hydrogen-bond acceptors (Lipinski definition) is 5. The number of benzene rings is 2. The van der Waals surface area contributed by atoms with Gasteiger partial charge in [-0.2, -0.15) is 0 Å². The van der Waals surface area contributed by atoms with Gasteiger partial charge in [-0.3, -0.25) is 14.6 Å². The molecule has 0 saturated carbocycles. The van der Waals surface area contributed by atoms with Crippen molar-refractivity contribution in [1.82, 2.24) is 15.2 Å². The van der Waals surface area contributed by atoms with E-state index in [0.29, 0.717) is 52.3 Å². The molecule has 212 valence electrons. The van der Waals surface area contributed by atoms with Gasteiger partial charge in [0.2, 0.25) is 0 Å². The number of carbonyl (C=O) groups is 3. The standard InChI is InChI=1S/C33H28FN3O4S/c34-21-11-7-18(8-12-21)9-13-24-27(33(40)41)28(29-30(35-24)25-6-3-15-37(25)32(29)39)26-16-20(17-42-26)31(38)36-23-14-10-19-4-1-2-5-22(19)23/h1-2,4-5,7-8,11-12,16-17,23,25H,3,6,9-10,13-15H2,(H,36,38)(H,40,41)/t23?,25-/m0/s1. The molecule has 2 atom stereocenters. The highest BCUT2D eigenvalue weighted by molar-refractivity contribution is 7.14. The van der Waals surface area contributed by atoms with Gasteiger partial charge in [-0.05, 0) is 73.4 Å². The zero-order valence-corrected chi connectivity index (χ0v) is 23.5. The van der Waals surface area contributed by atoms with Gasteiger partial charge in [-0.15, -0.1) is 11.3 Å². The van der Waals surface area contributed by atoms with E-state index in [-0.39, 0.29) is 35.3 Å². The van der Waals surface area contributed by atoms with Crippen LogP contribution in [0.25, 0.3) is 10.4 Å². The summed E-state index contributed by atoms with van der Waals surface area (Å²) in [6.07, 6.45) is 4.15. The first kappa shape index (κ1) is 26.5. The predicted molar refractivity (Wildman–Crippen MR) is 156 cm³/mol. The van der Waals surface area contributed by atoms with Crippen LogP contribution >= 0.6 is 11.3 Å². The number of aromatic carboxylic acids is 1. The molecule has 9 heteroatoms. The number of halogens is 1. The van der Waals surface area contributed by atoms with Gasteiger partial charge in [0.05, 0.1) is 40.2 Å². The number of carbonyl (C=O) groups excluding carboxylic acids is 2. The van der Waals surface area contributed by atoms with Gasteiger partial charge in [-0.25, -0.2) is 9.18 Å². The van der Waals surface area contributed by atoms with Crippen LogP contribution in [0.5, 0.6) is 0 Å². The van der Waals surface area contributed by atoms with Crippen LogP contribution in [0.4, 0.5) is 4.39 Å². The molecular formula is C33H28FN3O4S. The van der Waals surface area contributed by atoms with E-state index >= 15 is 0 Å². The fraction of sp³-hybridized carbons (Fsp3) is 0.273. The van der Waals surface area contributed by atoms with Gasteiger partial charge in [-0.1, -0.05) is 36.4 Å². The molecule has 1 saturated heterocycles. The second kappa shape index (κ2) is 10.5. The zero-order chi connectivity index (χ0) is 29.0. The smallest absolute Gasteiger partial charge is 0.338 e. The lowest BCUT2D eigenvalue weighted by molar-refractivity contribution is 0.0695. The lowest BCUT2D eigenvalue weighted by atomic mass is 9.93. The minimum Gasteiger partial charge on any atom is -0.478 e. The van der Waals surface area contributed by atoms with Crippen molar-refractivity contribution in [2.24, 2.45) is 0 Å². The summed E-state index contributed by atoms with van der Waals surface area (Å²) in [4.78, 5) is 47.0. The van der Waals surface area contributed by atoms with Gasteiger partial charge in [0.15, 0.2) is 0 Å². The number of rotatable bonds is 7. The maximum Gasteiger partial charge on any atom is 0.338 e. The largest absolute Gasteiger partial charge is 0.478 e. The highest BCUT2D eigenvalue weighted by Gasteiger charge is 2.45. The SMILES string of the molecule is O=C(NC1CCc2ccccc21)c1csc(-c2c(C(=O)O)c(CCc3ccc(F)cc3)nc3c2C(=O)N2CCC[C@@H]32)c1. The molecule has 0 radical (unpaired) electrons. The number of aryl methyl sites for hydroxylation is 3. The first-order valence-electron chi connectivity index (χ1n) is 14.2. The predicted octanol–water partition coefficient (Wildman–Crippen LogP) is 6.14. The van der Waals surface area contributed by atoms with Gasteiger partial charge < -0.3 is 15.3 Å². The molecule has 42 heavy (non-hydrogen) atoms. The number of fused-ring (bicyclic) bond motifs is 4. The summed E-state index contributed by atoms with van der Waals surface area (Å²) in [6, 6.07) is 15.7. The Morgan fingerprint density at radius 2 is 1.88 bits per heavy atom. The van der Waals surface area contributed by atoms with Crippen LogP contribution < -0.4 is 5.32 Å². The highest BCUT2D eigenvalue weighted by atomic mass is 32.1. The third-order valence-corrected chi connectivity index (χ3v) is 9.61. The maximum absolute atomic E-state index is 13.6. The van der Waals surface area contributed by atoms with E-state index in [2.05, 4.69) is 11.4 Å². The average molecular weight is 582 g/mol. The van der Waals surface area contributed by atoms with Gasteiger partial charge in [0.25, 0.3) is 11.8 Å². The van der Waals surface area contributed by atoms with E-state index in [1.54, 1.807) is 28.5 Å². The molecule has 2 aromatic carbocycles. The van der Waals surface area contributed by atoms with E-state index in [1.807, 2.05) is 18.2 Å². The van der Waals surface area contributed by atoms with Crippen molar-refractivity contribution in [1.29, 1.82) is 0 Å². The molecule has 1 fully saturated rings. The number of aromatic nitrogens is 1. The Morgan fingerprint density at radius 1 is 1.07 bits per heavy atom. The van der Waals surface area contributed by atoms with Crippen molar-refractivity contribution in [3.63, 3.8) is 0 Å². The lowest BCUT2D eigenvalue weighted by Gasteiger charge is -2.16. The third kappa shape index (κ3) is 4.48.